The maximum absolute atomic E-state index is 6.50. The van der Waals surface area contributed by atoms with Gasteiger partial charge in [-0.1, -0.05) is 133 Å². The molecule has 254 valence electrons. The molecule has 0 fully saturated rings. The van der Waals surface area contributed by atoms with E-state index in [0.717, 1.165) is 56.4 Å². The molecule has 0 amide bonds. The monoisotopic (exact) mass is 709 g/mol. The molecule has 0 N–H and O–H groups in total. The van der Waals surface area contributed by atoms with E-state index in [4.69, 9.17) is 19.4 Å². The zero-order valence-electron chi connectivity index (χ0n) is 29.1. The molecule has 3 aromatic heterocycles. The molecule has 1 unspecified atom stereocenters. The molecule has 5 heteroatoms. The molecule has 0 radical (unpaired) electrons. The standard InChI is InChI=1S/C49H31N3OS/c1-2-9-30(10-3-1)32-17-20-33(21-18-32)47-50-48(37-22-19-31-11-4-5-12-34(31)27-37)52-49(51-47)39-14-8-15-43-46(39)41-29-35(23-25-42(41)53-43)36-24-26-45-40(28-36)38-13-6-7-16-44(38)54-45/h1-26,28-29,37H,27H2. The molecule has 0 spiro atoms. The highest BCUT2D eigenvalue weighted by Gasteiger charge is 2.23. The van der Waals surface area contributed by atoms with Crippen LogP contribution in [0.25, 0.3) is 93.2 Å². The lowest BCUT2D eigenvalue weighted by Crippen LogP contribution is -2.12. The second-order valence-corrected chi connectivity index (χ2v) is 15.0. The highest BCUT2D eigenvalue weighted by molar-refractivity contribution is 7.25. The molecule has 4 nitrogen and oxygen atoms in total. The van der Waals surface area contributed by atoms with Crippen molar-refractivity contribution in [2.24, 2.45) is 0 Å². The minimum Gasteiger partial charge on any atom is -0.456 e. The number of furan rings is 1. The first-order valence-corrected chi connectivity index (χ1v) is 19.1. The summed E-state index contributed by atoms with van der Waals surface area (Å²) >= 11 is 1.84. The predicted molar refractivity (Wildman–Crippen MR) is 224 cm³/mol. The number of aromatic nitrogens is 3. The SMILES string of the molecule is C1=CC(c2nc(-c3ccc(-c4ccccc4)cc3)nc(-c3cccc4oc5ccc(-c6ccc7sc8ccccc8c7c6)cc5c34)n2)Cc2ccccc21. The summed E-state index contributed by atoms with van der Waals surface area (Å²) in [6.07, 6.45) is 5.26. The second kappa shape index (κ2) is 12.5. The lowest BCUT2D eigenvalue weighted by atomic mass is 9.89. The molecular weight excluding hydrogens is 679 g/mol. The van der Waals surface area contributed by atoms with Gasteiger partial charge >= 0.3 is 0 Å². The fourth-order valence-corrected chi connectivity index (χ4v) is 9.02. The Labute approximate surface area is 315 Å². The van der Waals surface area contributed by atoms with Gasteiger partial charge < -0.3 is 4.42 Å². The fraction of sp³-hybridized carbons (Fsp3) is 0.0408. The Hall–Kier alpha value is -6.69. The van der Waals surface area contributed by atoms with Gasteiger partial charge in [0.25, 0.3) is 0 Å². The molecule has 54 heavy (non-hydrogen) atoms. The van der Waals surface area contributed by atoms with Crippen molar-refractivity contribution < 1.29 is 4.42 Å². The summed E-state index contributed by atoms with van der Waals surface area (Å²) in [7, 11) is 0. The molecule has 0 aliphatic heterocycles. The van der Waals surface area contributed by atoms with Crippen LogP contribution in [0, 0.1) is 0 Å². The van der Waals surface area contributed by atoms with Crippen LogP contribution >= 0.6 is 11.3 Å². The number of allylic oxidation sites excluding steroid dienone is 1. The number of hydrogen-bond donors (Lipinski definition) is 0. The van der Waals surface area contributed by atoms with Gasteiger partial charge in [0.15, 0.2) is 11.6 Å². The number of fused-ring (bicyclic) bond motifs is 7. The first-order chi connectivity index (χ1) is 26.7. The Morgan fingerprint density at radius 1 is 0.500 bits per heavy atom. The summed E-state index contributed by atoms with van der Waals surface area (Å²) in [5.41, 5.74) is 10.7. The Morgan fingerprint density at radius 3 is 2.11 bits per heavy atom. The van der Waals surface area contributed by atoms with E-state index in [1.165, 1.54) is 42.4 Å². The summed E-state index contributed by atoms with van der Waals surface area (Å²) in [6.45, 7) is 0. The smallest absolute Gasteiger partial charge is 0.164 e. The lowest BCUT2D eigenvalue weighted by Gasteiger charge is -2.19. The third kappa shape index (κ3) is 5.24. The lowest BCUT2D eigenvalue weighted by molar-refractivity contribution is 0.669. The zero-order chi connectivity index (χ0) is 35.6. The normalized spacial score (nSPS) is 14.0. The van der Waals surface area contributed by atoms with E-state index in [2.05, 4.69) is 152 Å². The van der Waals surface area contributed by atoms with Gasteiger partial charge in [0, 0.05) is 48.0 Å². The van der Waals surface area contributed by atoms with E-state index >= 15 is 0 Å². The number of benzene rings is 7. The average molecular weight is 710 g/mol. The Morgan fingerprint density at radius 2 is 1.20 bits per heavy atom. The van der Waals surface area contributed by atoms with Crippen molar-refractivity contribution >= 4 is 59.5 Å². The molecule has 1 aliphatic carbocycles. The molecule has 1 aliphatic rings. The third-order valence-electron chi connectivity index (χ3n) is 10.7. The zero-order valence-corrected chi connectivity index (χ0v) is 29.9. The quantitative estimate of drug-likeness (QED) is 0.178. The van der Waals surface area contributed by atoms with Crippen molar-refractivity contribution in [2.45, 2.75) is 12.3 Å². The topological polar surface area (TPSA) is 51.8 Å². The van der Waals surface area contributed by atoms with Gasteiger partial charge in [0.05, 0.1) is 0 Å². The van der Waals surface area contributed by atoms with E-state index in [1.54, 1.807) is 0 Å². The molecule has 0 bridgehead atoms. The van der Waals surface area contributed by atoms with Gasteiger partial charge in [-0.25, -0.2) is 15.0 Å². The fourth-order valence-electron chi connectivity index (χ4n) is 7.93. The average Bonchev–Trinajstić information content (AvgIpc) is 3.81. The minimum atomic E-state index is 0.0130. The van der Waals surface area contributed by atoms with Crippen LogP contribution in [-0.4, -0.2) is 15.0 Å². The van der Waals surface area contributed by atoms with Crippen molar-refractivity contribution in [1.82, 2.24) is 15.0 Å². The summed E-state index contributed by atoms with van der Waals surface area (Å²) in [5, 5.41) is 4.62. The second-order valence-electron chi connectivity index (χ2n) is 14.0. The van der Waals surface area contributed by atoms with Crippen LogP contribution in [0.2, 0.25) is 0 Å². The van der Waals surface area contributed by atoms with Crippen LogP contribution in [0.4, 0.5) is 0 Å². The van der Waals surface area contributed by atoms with Gasteiger partial charge in [0.1, 0.15) is 17.0 Å². The van der Waals surface area contributed by atoms with E-state index in [1.807, 2.05) is 29.5 Å². The summed E-state index contributed by atoms with van der Waals surface area (Å²) in [5.74, 6) is 2.07. The molecule has 0 saturated carbocycles. The van der Waals surface area contributed by atoms with Crippen LogP contribution in [-0.2, 0) is 6.42 Å². The van der Waals surface area contributed by atoms with Crippen LogP contribution in [0.5, 0.6) is 0 Å². The molecule has 11 rings (SSSR count). The van der Waals surface area contributed by atoms with E-state index in [-0.39, 0.29) is 5.92 Å². The first-order valence-electron chi connectivity index (χ1n) is 18.3. The van der Waals surface area contributed by atoms with Crippen LogP contribution in [0.15, 0.2) is 168 Å². The largest absolute Gasteiger partial charge is 0.456 e. The first kappa shape index (κ1) is 30.9. The molecule has 3 heterocycles. The van der Waals surface area contributed by atoms with E-state index in [0.29, 0.717) is 11.6 Å². The maximum atomic E-state index is 6.50. The van der Waals surface area contributed by atoms with Gasteiger partial charge in [-0.15, -0.1) is 11.3 Å². The molecule has 1 atom stereocenters. The summed E-state index contributed by atoms with van der Waals surface area (Å²) < 4.78 is 9.10. The molecule has 7 aromatic carbocycles. The van der Waals surface area contributed by atoms with E-state index < -0.39 is 0 Å². The Bertz CT molecular complexity index is 3080. The number of hydrogen-bond acceptors (Lipinski definition) is 5. The van der Waals surface area contributed by atoms with Crippen molar-refractivity contribution in [3.05, 3.63) is 181 Å². The maximum Gasteiger partial charge on any atom is 0.164 e. The molecule has 10 aromatic rings. The van der Waals surface area contributed by atoms with Crippen molar-refractivity contribution in [1.29, 1.82) is 0 Å². The number of thiophene rings is 1. The molecular formula is C49H31N3OS. The molecule has 0 saturated heterocycles. The van der Waals surface area contributed by atoms with Gasteiger partial charge in [0.2, 0.25) is 0 Å². The van der Waals surface area contributed by atoms with Gasteiger partial charge in [-0.3, -0.25) is 0 Å². The predicted octanol–water partition coefficient (Wildman–Crippen LogP) is 13.2. The minimum absolute atomic E-state index is 0.0130. The highest BCUT2D eigenvalue weighted by atomic mass is 32.1. The van der Waals surface area contributed by atoms with Crippen LogP contribution < -0.4 is 0 Å². The van der Waals surface area contributed by atoms with Crippen molar-refractivity contribution in [3.8, 4) is 45.0 Å². The Balaban J connectivity index is 1.07. The third-order valence-corrected chi connectivity index (χ3v) is 11.8. The van der Waals surface area contributed by atoms with Crippen molar-refractivity contribution in [3.63, 3.8) is 0 Å². The summed E-state index contributed by atoms with van der Waals surface area (Å²) in [6, 6.07) is 55.6. The van der Waals surface area contributed by atoms with Crippen molar-refractivity contribution in [2.75, 3.05) is 0 Å². The van der Waals surface area contributed by atoms with Gasteiger partial charge in [-0.2, -0.15) is 0 Å². The summed E-state index contributed by atoms with van der Waals surface area (Å²) in [4.78, 5) is 15.6. The van der Waals surface area contributed by atoms with E-state index in [9.17, 15) is 0 Å². The highest BCUT2D eigenvalue weighted by Crippen LogP contribution is 2.41. The number of nitrogens with zero attached hydrogens (tertiary/aromatic N) is 3. The van der Waals surface area contributed by atoms with Crippen LogP contribution in [0.3, 0.4) is 0 Å². The Kier molecular flexibility index (Phi) is 7.13. The number of rotatable bonds is 5. The van der Waals surface area contributed by atoms with Crippen LogP contribution in [0.1, 0.15) is 22.9 Å². The van der Waals surface area contributed by atoms with Gasteiger partial charge in [-0.05, 0) is 76.2 Å².